The van der Waals surface area contributed by atoms with Crippen molar-refractivity contribution in [1.29, 1.82) is 0 Å². The number of urea groups is 2. The summed E-state index contributed by atoms with van der Waals surface area (Å²) in [5.41, 5.74) is 5.00. The van der Waals surface area contributed by atoms with Gasteiger partial charge in [-0.1, -0.05) is 54.2 Å². The van der Waals surface area contributed by atoms with E-state index in [-0.39, 0.29) is 80.6 Å². The van der Waals surface area contributed by atoms with Gasteiger partial charge in [0.15, 0.2) is 0 Å². The van der Waals surface area contributed by atoms with Crippen molar-refractivity contribution in [3.05, 3.63) is 76.0 Å². The highest BCUT2D eigenvalue weighted by atomic mass is 35.5. The molecule has 0 aliphatic carbocycles. The molecule has 2 aromatic carbocycles. The van der Waals surface area contributed by atoms with Crippen LogP contribution in [0.2, 0.25) is 10.3 Å². The number of sulfone groups is 1. The molecule has 14 rings (SSSR count). The fraction of sp³-hybridized carbons (Fsp3) is 0.618. The zero-order valence-corrected chi connectivity index (χ0v) is 66.2. The molecule has 9 saturated heterocycles. The van der Waals surface area contributed by atoms with Gasteiger partial charge in [-0.2, -0.15) is 50.1 Å². The summed E-state index contributed by atoms with van der Waals surface area (Å²) in [5, 5.41) is 36.6. The summed E-state index contributed by atoms with van der Waals surface area (Å²) < 4.78 is 88.8. The van der Waals surface area contributed by atoms with Crippen molar-refractivity contribution in [3.63, 3.8) is 0 Å². The lowest BCUT2D eigenvalue weighted by molar-refractivity contribution is -0.143. The molecular weight excluding hydrogens is 1500 g/mol. The molecule has 0 spiro atoms. The molecule has 9 aliphatic heterocycles. The van der Waals surface area contributed by atoms with Gasteiger partial charge < -0.3 is 89.1 Å². The number of amides is 4. The molecule has 38 heteroatoms. The van der Waals surface area contributed by atoms with Crippen LogP contribution in [0.15, 0.2) is 59.8 Å². The normalized spacial score (nSPS) is 20.7. The number of aromatic nitrogens is 6. The molecule has 0 saturated carbocycles. The van der Waals surface area contributed by atoms with Crippen LogP contribution in [0.25, 0.3) is 11.3 Å². The van der Waals surface area contributed by atoms with E-state index in [0.29, 0.717) is 126 Å². The van der Waals surface area contributed by atoms with Gasteiger partial charge in [0, 0.05) is 153 Å². The number of alkyl halides is 3. The van der Waals surface area contributed by atoms with Crippen LogP contribution in [0.1, 0.15) is 71.4 Å². The number of aliphatic hydroxyl groups excluding tert-OH is 3. The van der Waals surface area contributed by atoms with Crippen LogP contribution in [0.3, 0.4) is 0 Å². The number of anilines is 7. The van der Waals surface area contributed by atoms with E-state index >= 15 is 0 Å². The molecule has 0 bridgehead atoms. The number of carbonyl (C=O) groups excluding carboxylic acids is 2. The number of hydrogen-bond acceptors (Lipinski definition) is 24. The monoisotopic (exact) mass is 1600 g/mol. The number of morpholine rings is 3. The summed E-state index contributed by atoms with van der Waals surface area (Å²) in [7, 11) is -4.01. The van der Waals surface area contributed by atoms with Crippen molar-refractivity contribution in [1.82, 2.24) is 45.0 Å². The van der Waals surface area contributed by atoms with E-state index in [0.717, 1.165) is 117 Å². The van der Waals surface area contributed by atoms with Crippen molar-refractivity contribution in [2.24, 2.45) is 11.8 Å². The lowest BCUT2D eigenvalue weighted by Gasteiger charge is -2.37. The van der Waals surface area contributed by atoms with Crippen molar-refractivity contribution in [3.8, 4) is 11.3 Å². The van der Waals surface area contributed by atoms with Gasteiger partial charge in [0.1, 0.15) is 27.8 Å². The molecule has 9 aliphatic rings. The van der Waals surface area contributed by atoms with Crippen molar-refractivity contribution in [2.75, 3.05) is 186 Å². The molecule has 588 valence electrons. The molecule has 2 atom stereocenters. The van der Waals surface area contributed by atoms with Gasteiger partial charge in [0.05, 0.1) is 74.8 Å². The lowest BCUT2D eigenvalue weighted by atomic mass is 9.76. The van der Waals surface area contributed by atoms with Crippen LogP contribution >= 0.6 is 62.6 Å². The van der Waals surface area contributed by atoms with Crippen LogP contribution in [0, 0.1) is 25.7 Å². The average molecular weight is 1610 g/mol. The highest BCUT2D eigenvalue weighted by molar-refractivity contribution is 7.90. The number of aliphatic hydroxyl groups is 3. The number of nitrogens with zero attached hydrogens (tertiary/aromatic N) is 13. The van der Waals surface area contributed by atoms with Gasteiger partial charge in [-0.25, -0.2) is 37.9 Å². The fourth-order valence-corrected chi connectivity index (χ4v) is 13.3. The number of rotatable bonds is 12. The zero-order valence-electron chi connectivity index (χ0n) is 61.1. The maximum Gasteiger partial charge on any atom is 0.495 e. The number of benzene rings is 2. The second-order valence-electron chi connectivity index (χ2n) is 28.1. The first-order valence-electron chi connectivity index (χ1n) is 35.0. The van der Waals surface area contributed by atoms with E-state index in [1.165, 1.54) is 4.90 Å². The van der Waals surface area contributed by atoms with Crippen LogP contribution in [-0.2, 0) is 33.4 Å². The third-order valence-electron chi connectivity index (χ3n) is 19.5. The predicted molar refractivity (Wildman–Crippen MR) is 417 cm³/mol. The predicted octanol–water partition coefficient (Wildman–Crippen LogP) is 6.95. The van der Waals surface area contributed by atoms with Crippen LogP contribution in [-0.4, -0.2) is 269 Å². The Morgan fingerprint density at radius 3 is 1.45 bits per heavy atom. The molecule has 0 unspecified atom stereocenters. The second-order valence-corrected chi connectivity index (χ2v) is 30.8. The van der Waals surface area contributed by atoms with Gasteiger partial charge in [-0.05, 0) is 102 Å². The van der Waals surface area contributed by atoms with Crippen molar-refractivity contribution < 1.29 is 70.0 Å². The third kappa shape index (κ3) is 24.1. The first-order chi connectivity index (χ1) is 48.8. The number of likely N-dealkylation sites (tertiary alicyclic amines) is 2. The summed E-state index contributed by atoms with van der Waals surface area (Å²) >= 11 is 11.8. The first kappa shape index (κ1) is 87.5. The summed E-state index contributed by atoms with van der Waals surface area (Å²) in [4.78, 5) is 65.0. The Labute approximate surface area is 648 Å². The van der Waals surface area contributed by atoms with Gasteiger partial charge in [-0.3, -0.25) is 0 Å². The van der Waals surface area contributed by atoms with E-state index < -0.39 is 52.7 Å². The maximum absolute atomic E-state index is 12.8. The van der Waals surface area contributed by atoms with E-state index in [4.69, 9.17) is 61.8 Å². The van der Waals surface area contributed by atoms with E-state index in [1.807, 2.05) is 84.6 Å². The largest absolute Gasteiger partial charge is 0.495 e. The first-order valence-corrected chi connectivity index (χ1v) is 37.7. The number of carbonyl (C=O) groups is 2. The SMILES string of the molecule is CC[C@@H]1CCN(C(=O)Nc2ccc(C)c(-c3cc(N4CCOCC4)nc(N4CC(O)C4)n3)c2)C1.CS(=O)(=O)c1nc(Cl)cc(N2CCOCC2)n1.Cc1ccc(NC(=O)N2CC[C@@H](CC(F)(F)F)C2)cc1B1OC(C)(C)C(C)(C)O1.Cl.OC1CN(c2nc(Cl)cc(N3CCOCC3)n2)C1.OC1CNC1.S.S. The molecule has 4 amide bonds. The Bertz CT molecular complexity index is 3820. The van der Waals surface area contributed by atoms with Crippen LogP contribution < -0.4 is 45.9 Å². The quantitative estimate of drug-likeness (QED) is 0.0418. The van der Waals surface area contributed by atoms with E-state index in [2.05, 4.69) is 59.5 Å². The molecule has 6 N–H and O–H groups in total. The Balaban J connectivity index is 0.000000197. The molecule has 3 aromatic heterocycles. The number of nitrogens with one attached hydrogen (secondary N) is 3. The third-order valence-corrected chi connectivity index (χ3v) is 20.7. The van der Waals surface area contributed by atoms with Crippen LogP contribution in [0.4, 0.5) is 63.5 Å². The minimum atomic E-state index is -4.20. The molecule has 28 nitrogen and oxygen atoms in total. The summed E-state index contributed by atoms with van der Waals surface area (Å²) in [6, 6.07) is 16.3. The van der Waals surface area contributed by atoms with E-state index in [1.54, 1.807) is 24.3 Å². The highest BCUT2D eigenvalue weighted by Crippen LogP contribution is 2.38. The second kappa shape index (κ2) is 38.7. The minimum absolute atomic E-state index is 0. The summed E-state index contributed by atoms with van der Waals surface area (Å²) in [6.45, 7) is 28.4. The standard InChI is InChI=1S/C25H34N6O3.C20H28BF3N2O3.C11H15ClN4O2.C9H12ClN3O3S.C3H7NO.ClH.2H2S/c1-3-18-6-7-30(14-18)25(33)26-19-5-4-17(2)21(12-19)22-13-23(29-8-10-34-11-9-29)28-24(27-22)31-15-20(32)16-31;1-13-6-7-15(10-16(13)21-28-18(2,3)19(4,5)29-21)25-17(27)26-9-8-14(12-26)11-20(22,23)24;12-9-5-10(15-1-3-18-4-2-15)14-11(13-9)16-6-8(17)7-16;1-17(14,15)9-11-7(10)6-8(12-9)13-2-4-16-5-3-13;5-3-1-4-2-3;;;/h4-5,12-13,18,20,32H,3,6-11,14-16H2,1-2H3,(H,26,33);6-7,10,14H,8-9,11-12H2,1-5H3,(H,25,27);5,8,17H,1-4,6-7H2;6H,2-5H2,1H3;3-5H,1-2H2;1H;2*1H2/t18-;14-;;;;;;/m10....../s1. The van der Waals surface area contributed by atoms with Gasteiger partial charge in [0.25, 0.3) is 0 Å². The number of β-amino-alcohol motifs (C(OH)–C–C–N with tert-alkyl or cyclic N) is 3. The highest BCUT2D eigenvalue weighted by Gasteiger charge is 2.52. The van der Waals surface area contributed by atoms with E-state index in [9.17, 15) is 41.4 Å². The molecule has 9 fully saturated rings. The Morgan fingerprint density at radius 2 is 1.02 bits per heavy atom. The molecule has 12 heterocycles. The van der Waals surface area contributed by atoms with Crippen LogP contribution in [0.5, 0.6) is 0 Å². The molecule has 106 heavy (non-hydrogen) atoms. The van der Waals surface area contributed by atoms with Gasteiger partial charge in [0.2, 0.25) is 26.9 Å². The van der Waals surface area contributed by atoms with Gasteiger partial charge >= 0.3 is 25.4 Å². The topological polar surface area (TPSA) is 311 Å². The fourth-order valence-electron chi connectivity index (χ4n) is 12.3. The molecule has 0 radical (unpaired) electrons. The minimum Gasteiger partial charge on any atom is -0.399 e. The molecular formula is C68H101BCl3F3N16O12S3. The number of ether oxygens (including phenoxy) is 3. The maximum atomic E-state index is 12.8. The lowest BCUT2D eigenvalue weighted by Crippen LogP contribution is -2.51. The Hall–Kier alpha value is -5.77. The summed E-state index contributed by atoms with van der Waals surface area (Å²) in [5.74, 6) is 3.48. The Morgan fingerprint density at radius 1 is 0.594 bits per heavy atom. The zero-order chi connectivity index (χ0) is 74.0. The number of halogens is 6. The van der Waals surface area contributed by atoms with Gasteiger partial charge in [-0.15, -0.1) is 12.4 Å². The van der Waals surface area contributed by atoms with Crippen molar-refractivity contribution >= 4 is 138 Å². The number of hydrogen-bond donors (Lipinski definition) is 6. The van der Waals surface area contributed by atoms with Crippen molar-refractivity contribution in [2.45, 2.75) is 115 Å². The smallest absolute Gasteiger partial charge is 0.399 e. The summed E-state index contributed by atoms with van der Waals surface area (Å²) in [6.07, 6.45) is -2.12. The Kier molecular flexibility index (Phi) is 32.0. The molecule has 5 aromatic rings. The average Bonchev–Trinajstić information content (AvgIpc) is 1.55. The number of aryl methyl sites for hydroxylation is 2.